The number of hydrogen-bond donors (Lipinski definition) is 1. The van der Waals surface area contributed by atoms with Crippen LogP contribution in [0.4, 0.5) is 0 Å². The molecule has 3 nitrogen and oxygen atoms in total. The van der Waals surface area contributed by atoms with Gasteiger partial charge >= 0.3 is 0 Å². The van der Waals surface area contributed by atoms with Crippen LogP contribution in [0.5, 0.6) is 0 Å². The van der Waals surface area contributed by atoms with Gasteiger partial charge in [-0.2, -0.15) is 0 Å². The van der Waals surface area contributed by atoms with Crippen LogP contribution in [0.3, 0.4) is 0 Å². The summed E-state index contributed by atoms with van der Waals surface area (Å²) in [5.41, 5.74) is 1.46. The van der Waals surface area contributed by atoms with Crippen molar-refractivity contribution >= 4 is 0 Å². The van der Waals surface area contributed by atoms with Crippen LogP contribution in [-0.4, -0.2) is 49.0 Å². The van der Waals surface area contributed by atoms with Gasteiger partial charge in [0.15, 0.2) is 0 Å². The Balaban J connectivity index is 1.06. The number of fused-ring (bicyclic) bond motifs is 2. The van der Waals surface area contributed by atoms with Crippen molar-refractivity contribution in [3.05, 3.63) is 35.9 Å². The molecule has 1 N–H and O–H groups in total. The molecule has 1 saturated heterocycles. The molecule has 3 heteroatoms. The van der Waals surface area contributed by atoms with Crippen LogP contribution < -0.4 is 0 Å². The first-order chi connectivity index (χ1) is 13.3. The molecule has 1 aromatic carbocycles. The van der Waals surface area contributed by atoms with Gasteiger partial charge in [0, 0.05) is 13.2 Å². The molecule has 0 amide bonds. The number of ether oxygens (including phenoxy) is 1. The zero-order chi connectivity index (χ0) is 18.5. The predicted molar refractivity (Wildman–Crippen MR) is 110 cm³/mol. The highest BCUT2D eigenvalue weighted by Gasteiger charge is 2.38. The second kappa shape index (κ2) is 9.54. The third-order valence-corrected chi connectivity index (χ3v) is 7.37. The van der Waals surface area contributed by atoms with Gasteiger partial charge in [-0.1, -0.05) is 36.8 Å². The number of likely N-dealkylation sites (tertiary alicyclic amines) is 1. The van der Waals surface area contributed by atoms with E-state index in [2.05, 4.69) is 35.2 Å². The summed E-state index contributed by atoms with van der Waals surface area (Å²) in [5.74, 6) is 3.71. The fourth-order valence-corrected chi connectivity index (χ4v) is 5.86. The molecular formula is C24H37NO2. The number of rotatable bonds is 9. The number of hydrogen-bond acceptors (Lipinski definition) is 3. The topological polar surface area (TPSA) is 32.7 Å². The van der Waals surface area contributed by atoms with E-state index < -0.39 is 0 Å². The Kier molecular flexibility index (Phi) is 6.86. The highest BCUT2D eigenvalue weighted by molar-refractivity contribution is 5.15. The van der Waals surface area contributed by atoms with Crippen LogP contribution in [0.15, 0.2) is 30.3 Å². The highest BCUT2D eigenvalue weighted by Crippen LogP contribution is 2.49. The van der Waals surface area contributed by atoms with Crippen LogP contribution in [0.25, 0.3) is 0 Å². The largest absolute Gasteiger partial charge is 0.389 e. The highest BCUT2D eigenvalue weighted by atomic mass is 16.5. The molecule has 0 aromatic heterocycles. The van der Waals surface area contributed by atoms with Crippen molar-refractivity contribution in [2.75, 3.05) is 32.8 Å². The minimum absolute atomic E-state index is 0.337. The number of nitrogens with zero attached hydrogens (tertiary/aromatic N) is 1. The number of β-amino-alcohol motifs (C(OH)–C–C–N with tert-alkyl or cyclic N) is 1. The van der Waals surface area contributed by atoms with Gasteiger partial charge in [0.05, 0.1) is 12.7 Å². The van der Waals surface area contributed by atoms with Crippen LogP contribution in [0.1, 0.15) is 50.5 Å². The summed E-state index contributed by atoms with van der Waals surface area (Å²) in [7, 11) is 0. The molecule has 3 aliphatic rings. The molecule has 150 valence electrons. The van der Waals surface area contributed by atoms with E-state index in [1.807, 2.05) is 0 Å². The summed E-state index contributed by atoms with van der Waals surface area (Å²) in [6.07, 6.45) is 10.4. The third-order valence-electron chi connectivity index (χ3n) is 7.37. The molecule has 2 bridgehead atoms. The number of piperidine rings is 1. The lowest BCUT2D eigenvalue weighted by Gasteiger charge is -2.33. The van der Waals surface area contributed by atoms with Gasteiger partial charge in [-0.05, 0) is 87.3 Å². The van der Waals surface area contributed by atoms with E-state index in [4.69, 9.17) is 4.74 Å². The Hall–Kier alpha value is -0.900. The Morgan fingerprint density at radius 3 is 2.56 bits per heavy atom. The van der Waals surface area contributed by atoms with E-state index in [1.165, 1.54) is 56.9 Å². The molecule has 1 aliphatic heterocycles. The Bertz CT molecular complexity index is 555. The first-order valence-corrected chi connectivity index (χ1v) is 11.3. The van der Waals surface area contributed by atoms with Crippen molar-refractivity contribution in [2.24, 2.45) is 23.7 Å². The van der Waals surface area contributed by atoms with E-state index in [-0.39, 0.29) is 6.10 Å². The molecular weight excluding hydrogens is 334 g/mol. The second-order valence-corrected chi connectivity index (χ2v) is 9.39. The third kappa shape index (κ3) is 5.56. The van der Waals surface area contributed by atoms with Gasteiger partial charge in [0.25, 0.3) is 0 Å². The molecule has 2 aliphatic carbocycles. The molecule has 4 atom stereocenters. The van der Waals surface area contributed by atoms with Crippen LogP contribution in [0, 0.1) is 23.7 Å². The van der Waals surface area contributed by atoms with Gasteiger partial charge in [-0.25, -0.2) is 0 Å². The molecule has 3 fully saturated rings. The van der Waals surface area contributed by atoms with E-state index in [9.17, 15) is 5.11 Å². The summed E-state index contributed by atoms with van der Waals surface area (Å²) in [6, 6.07) is 10.8. The predicted octanol–water partition coefficient (Wildman–Crippen LogP) is 4.14. The van der Waals surface area contributed by atoms with E-state index >= 15 is 0 Å². The number of benzene rings is 1. The average molecular weight is 372 g/mol. The standard InChI is InChI=1S/C24H37NO2/c26-24(18-27-13-10-23-16-21-6-7-22(23)15-21)17-25-11-8-20(9-12-25)14-19-4-2-1-3-5-19/h1-5,20-24,26H,6-18H2/t21-,22-,23-,24-/m1/s1. The molecule has 0 radical (unpaired) electrons. The Labute approximate surface area is 165 Å². The van der Waals surface area contributed by atoms with Gasteiger partial charge in [-0.15, -0.1) is 0 Å². The van der Waals surface area contributed by atoms with Gasteiger partial charge in [0.1, 0.15) is 0 Å². The van der Waals surface area contributed by atoms with Gasteiger partial charge in [0.2, 0.25) is 0 Å². The molecule has 27 heavy (non-hydrogen) atoms. The summed E-state index contributed by atoms with van der Waals surface area (Å²) >= 11 is 0. The van der Waals surface area contributed by atoms with Crippen LogP contribution in [-0.2, 0) is 11.2 Å². The fourth-order valence-electron chi connectivity index (χ4n) is 5.86. The first-order valence-electron chi connectivity index (χ1n) is 11.3. The normalized spacial score (nSPS) is 30.0. The molecule has 1 aromatic rings. The van der Waals surface area contributed by atoms with Crippen molar-refractivity contribution < 1.29 is 9.84 Å². The SMILES string of the molecule is O[C@@H](COCC[C@@H]1C[C@@H]2CC[C@@H]1C2)CN1CCC(Cc2ccccc2)CC1. The van der Waals surface area contributed by atoms with Crippen LogP contribution >= 0.6 is 0 Å². The van der Waals surface area contributed by atoms with E-state index in [0.717, 1.165) is 49.9 Å². The smallest absolute Gasteiger partial charge is 0.0900 e. The van der Waals surface area contributed by atoms with Crippen molar-refractivity contribution in [3.63, 3.8) is 0 Å². The van der Waals surface area contributed by atoms with Gasteiger partial charge < -0.3 is 14.7 Å². The van der Waals surface area contributed by atoms with Crippen molar-refractivity contribution in [3.8, 4) is 0 Å². The monoisotopic (exact) mass is 371 g/mol. The molecule has 1 heterocycles. The van der Waals surface area contributed by atoms with Crippen molar-refractivity contribution in [2.45, 2.75) is 57.5 Å². The molecule has 2 saturated carbocycles. The van der Waals surface area contributed by atoms with E-state index in [0.29, 0.717) is 6.61 Å². The second-order valence-electron chi connectivity index (χ2n) is 9.39. The fraction of sp³-hybridized carbons (Fsp3) is 0.750. The average Bonchev–Trinajstić information content (AvgIpc) is 3.31. The summed E-state index contributed by atoms with van der Waals surface area (Å²) in [6.45, 7) is 4.33. The maximum atomic E-state index is 10.3. The lowest BCUT2D eigenvalue weighted by Crippen LogP contribution is -2.40. The first kappa shape index (κ1) is 19.4. The maximum absolute atomic E-state index is 10.3. The number of aliphatic hydroxyl groups is 1. The molecule has 4 rings (SSSR count). The summed E-state index contributed by atoms with van der Waals surface area (Å²) in [4.78, 5) is 2.42. The minimum Gasteiger partial charge on any atom is -0.389 e. The maximum Gasteiger partial charge on any atom is 0.0900 e. The quantitative estimate of drug-likeness (QED) is 0.662. The zero-order valence-electron chi connectivity index (χ0n) is 16.8. The summed E-state index contributed by atoms with van der Waals surface area (Å²) < 4.78 is 5.83. The molecule has 0 spiro atoms. The zero-order valence-corrected chi connectivity index (χ0v) is 16.8. The molecule has 0 unspecified atom stereocenters. The summed E-state index contributed by atoms with van der Waals surface area (Å²) in [5, 5.41) is 10.3. The van der Waals surface area contributed by atoms with E-state index in [1.54, 1.807) is 0 Å². The van der Waals surface area contributed by atoms with Crippen molar-refractivity contribution in [1.82, 2.24) is 4.90 Å². The van der Waals surface area contributed by atoms with Crippen molar-refractivity contribution in [1.29, 1.82) is 0 Å². The number of aliphatic hydroxyl groups excluding tert-OH is 1. The lowest BCUT2D eigenvalue weighted by molar-refractivity contribution is 0.00547. The van der Waals surface area contributed by atoms with Crippen LogP contribution in [0.2, 0.25) is 0 Å². The minimum atomic E-state index is -0.337. The Morgan fingerprint density at radius 2 is 1.85 bits per heavy atom. The Morgan fingerprint density at radius 1 is 1.04 bits per heavy atom. The lowest BCUT2D eigenvalue weighted by atomic mass is 9.87. The van der Waals surface area contributed by atoms with Gasteiger partial charge in [-0.3, -0.25) is 0 Å².